The van der Waals surface area contributed by atoms with Crippen molar-refractivity contribution in [3.63, 3.8) is 0 Å². The number of rotatable bonds is 4. The van der Waals surface area contributed by atoms with E-state index in [0.717, 1.165) is 5.56 Å². The molecule has 5 nitrogen and oxygen atoms in total. The van der Waals surface area contributed by atoms with E-state index in [1.54, 1.807) is 0 Å². The van der Waals surface area contributed by atoms with Crippen LogP contribution in [-0.2, 0) is 4.79 Å². The van der Waals surface area contributed by atoms with Crippen LogP contribution in [0.4, 0.5) is 0 Å². The average molecular weight is 295 g/mol. The lowest BCUT2D eigenvalue weighted by atomic mass is 10.1. The van der Waals surface area contributed by atoms with Gasteiger partial charge in [-0.1, -0.05) is 0 Å². The highest BCUT2D eigenvalue weighted by molar-refractivity contribution is 7.08. The lowest BCUT2D eigenvalue weighted by Crippen LogP contribution is -2.50. The van der Waals surface area contributed by atoms with Crippen LogP contribution in [0.3, 0.4) is 0 Å². The Hall–Kier alpha value is -1.40. The summed E-state index contributed by atoms with van der Waals surface area (Å²) in [5.74, 6) is 0.207. The molecule has 1 aromatic rings. The quantitative estimate of drug-likeness (QED) is 0.906. The highest BCUT2D eigenvalue weighted by atomic mass is 32.1. The van der Waals surface area contributed by atoms with E-state index in [1.165, 1.54) is 11.3 Å². The van der Waals surface area contributed by atoms with Crippen LogP contribution in [-0.4, -0.2) is 53.8 Å². The van der Waals surface area contributed by atoms with E-state index < -0.39 is 0 Å². The molecule has 2 heterocycles. The fourth-order valence-electron chi connectivity index (χ4n) is 2.24. The monoisotopic (exact) mass is 295 g/mol. The zero-order chi connectivity index (χ0) is 14.5. The fourth-order valence-corrected chi connectivity index (χ4v) is 2.87. The summed E-state index contributed by atoms with van der Waals surface area (Å²) < 4.78 is 0. The van der Waals surface area contributed by atoms with Gasteiger partial charge in [0, 0.05) is 44.0 Å². The Kier molecular flexibility index (Phi) is 5.14. The first-order valence-corrected chi connectivity index (χ1v) is 7.87. The van der Waals surface area contributed by atoms with Crippen molar-refractivity contribution in [2.24, 2.45) is 5.73 Å². The van der Waals surface area contributed by atoms with E-state index in [1.807, 2.05) is 33.6 Å². The van der Waals surface area contributed by atoms with E-state index in [2.05, 4.69) is 0 Å². The van der Waals surface area contributed by atoms with Gasteiger partial charge in [0.05, 0.1) is 5.56 Å². The van der Waals surface area contributed by atoms with Crippen molar-refractivity contribution in [2.75, 3.05) is 26.2 Å². The molecular formula is C14H21N3O2S. The van der Waals surface area contributed by atoms with Crippen LogP contribution in [0.2, 0.25) is 0 Å². The SMILES string of the molecule is CC(N)CCC(=O)N1CCN(C(=O)c2ccsc2)CC1. The van der Waals surface area contributed by atoms with Crippen molar-refractivity contribution in [1.29, 1.82) is 0 Å². The highest BCUT2D eigenvalue weighted by Gasteiger charge is 2.24. The second-order valence-electron chi connectivity index (χ2n) is 5.20. The maximum absolute atomic E-state index is 12.2. The molecule has 1 aliphatic rings. The Morgan fingerprint density at radius 1 is 1.30 bits per heavy atom. The standard InChI is InChI=1S/C14H21N3O2S/c1-11(15)2-3-13(18)16-5-7-17(8-6-16)14(19)12-4-9-20-10-12/h4,9-11H,2-3,5-8,15H2,1H3. The molecule has 1 unspecified atom stereocenters. The summed E-state index contributed by atoms with van der Waals surface area (Å²) in [5.41, 5.74) is 6.41. The molecule has 1 atom stereocenters. The van der Waals surface area contributed by atoms with E-state index >= 15 is 0 Å². The van der Waals surface area contributed by atoms with Gasteiger partial charge in [-0.05, 0) is 24.8 Å². The number of thiophene rings is 1. The van der Waals surface area contributed by atoms with Crippen molar-refractivity contribution in [1.82, 2.24) is 9.80 Å². The average Bonchev–Trinajstić information content (AvgIpc) is 2.98. The molecule has 1 saturated heterocycles. The largest absolute Gasteiger partial charge is 0.339 e. The Morgan fingerprint density at radius 2 is 1.95 bits per heavy atom. The summed E-state index contributed by atoms with van der Waals surface area (Å²) in [5, 5.41) is 3.77. The minimum Gasteiger partial charge on any atom is -0.339 e. The summed E-state index contributed by atoms with van der Waals surface area (Å²) in [7, 11) is 0. The number of amides is 2. The summed E-state index contributed by atoms with van der Waals surface area (Å²) in [6.45, 7) is 4.36. The fraction of sp³-hybridized carbons (Fsp3) is 0.571. The van der Waals surface area contributed by atoms with Crippen molar-refractivity contribution < 1.29 is 9.59 Å². The molecule has 2 rings (SSSR count). The van der Waals surface area contributed by atoms with E-state index in [9.17, 15) is 9.59 Å². The van der Waals surface area contributed by atoms with Gasteiger partial charge in [0.1, 0.15) is 0 Å². The minimum absolute atomic E-state index is 0.0559. The van der Waals surface area contributed by atoms with Crippen molar-refractivity contribution in [3.8, 4) is 0 Å². The predicted octanol–water partition coefficient (Wildman–Crippen LogP) is 1.16. The number of nitrogens with zero attached hydrogens (tertiary/aromatic N) is 2. The summed E-state index contributed by atoms with van der Waals surface area (Å²) >= 11 is 1.52. The van der Waals surface area contributed by atoms with Gasteiger partial charge in [-0.25, -0.2) is 0 Å². The first-order chi connectivity index (χ1) is 9.58. The van der Waals surface area contributed by atoms with Gasteiger partial charge in [-0.2, -0.15) is 11.3 Å². The van der Waals surface area contributed by atoms with Crippen LogP contribution in [0.1, 0.15) is 30.1 Å². The molecule has 2 N–H and O–H groups in total. The summed E-state index contributed by atoms with van der Waals surface area (Å²) in [6.07, 6.45) is 1.21. The molecule has 20 heavy (non-hydrogen) atoms. The number of nitrogens with two attached hydrogens (primary N) is 1. The van der Waals surface area contributed by atoms with E-state index in [0.29, 0.717) is 39.0 Å². The van der Waals surface area contributed by atoms with Gasteiger partial charge >= 0.3 is 0 Å². The maximum atomic E-state index is 12.2. The highest BCUT2D eigenvalue weighted by Crippen LogP contribution is 2.12. The molecule has 6 heteroatoms. The third-order valence-corrected chi connectivity index (χ3v) is 4.18. The van der Waals surface area contributed by atoms with Crippen LogP contribution in [0.25, 0.3) is 0 Å². The first kappa shape index (κ1) is 15.0. The lowest BCUT2D eigenvalue weighted by molar-refractivity contribution is -0.132. The molecule has 1 aromatic heterocycles. The van der Waals surface area contributed by atoms with Gasteiger partial charge in [-0.15, -0.1) is 0 Å². The number of hydrogen-bond donors (Lipinski definition) is 1. The topological polar surface area (TPSA) is 66.6 Å². The molecule has 0 radical (unpaired) electrons. The molecule has 0 aliphatic carbocycles. The molecule has 110 valence electrons. The Bertz CT molecular complexity index is 451. The Labute approximate surface area is 123 Å². The zero-order valence-corrected chi connectivity index (χ0v) is 12.6. The number of piperazine rings is 1. The molecule has 0 saturated carbocycles. The van der Waals surface area contributed by atoms with Crippen molar-refractivity contribution in [2.45, 2.75) is 25.8 Å². The summed E-state index contributed by atoms with van der Waals surface area (Å²) in [4.78, 5) is 27.8. The second kappa shape index (κ2) is 6.85. The molecule has 0 spiro atoms. The smallest absolute Gasteiger partial charge is 0.254 e. The van der Waals surface area contributed by atoms with Gasteiger partial charge < -0.3 is 15.5 Å². The molecule has 0 aromatic carbocycles. The Balaban J connectivity index is 1.80. The predicted molar refractivity (Wildman–Crippen MR) is 79.7 cm³/mol. The molecule has 1 aliphatic heterocycles. The number of carbonyl (C=O) groups is 2. The number of carbonyl (C=O) groups excluding carboxylic acids is 2. The molecule has 0 bridgehead atoms. The third kappa shape index (κ3) is 3.80. The van der Waals surface area contributed by atoms with Gasteiger partial charge in [0.25, 0.3) is 5.91 Å². The van der Waals surface area contributed by atoms with Crippen LogP contribution in [0.15, 0.2) is 16.8 Å². The number of hydrogen-bond acceptors (Lipinski definition) is 4. The third-order valence-electron chi connectivity index (χ3n) is 3.50. The molecular weight excluding hydrogens is 274 g/mol. The van der Waals surface area contributed by atoms with E-state index in [4.69, 9.17) is 5.73 Å². The maximum Gasteiger partial charge on any atom is 0.254 e. The Morgan fingerprint density at radius 3 is 2.50 bits per heavy atom. The minimum atomic E-state index is 0.0559. The normalized spacial score (nSPS) is 17.1. The van der Waals surface area contributed by atoms with Gasteiger partial charge in [0.15, 0.2) is 0 Å². The molecule has 1 fully saturated rings. The van der Waals surface area contributed by atoms with Gasteiger partial charge in [0.2, 0.25) is 5.91 Å². The lowest BCUT2D eigenvalue weighted by Gasteiger charge is -2.34. The summed E-state index contributed by atoms with van der Waals surface area (Å²) in [6, 6.07) is 1.90. The van der Waals surface area contributed by atoms with Crippen LogP contribution in [0.5, 0.6) is 0 Å². The van der Waals surface area contributed by atoms with Crippen LogP contribution >= 0.6 is 11.3 Å². The van der Waals surface area contributed by atoms with Crippen molar-refractivity contribution in [3.05, 3.63) is 22.4 Å². The van der Waals surface area contributed by atoms with Crippen LogP contribution < -0.4 is 5.73 Å². The molecule has 2 amide bonds. The van der Waals surface area contributed by atoms with Gasteiger partial charge in [-0.3, -0.25) is 9.59 Å². The van der Waals surface area contributed by atoms with Crippen LogP contribution in [0, 0.1) is 0 Å². The zero-order valence-electron chi connectivity index (χ0n) is 11.7. The van der Waals surface area contributed by atoms with Crippen molar-refractivity contribution >= 4 is 23.2 Å². The first-order valence-electron chi connectivity index (χ1n) is 6.92. The second-order valence-corrected chi connectivity index (χ2v) is 5.98. The van der Waals surface area contributed by atoms with E-state index in [-0.39, 0.29) is 17.9 Å².